The highest BCUT2D eigenvalue weighted by Gasteiger charge is 2.23. The van der Waals surface area contributed by atoms with Gasteiger partial charge in [-0.25, -0.2) is 9.97 Å². The molecule has 2 heterocycles. The zero-order valence-electron chi connectivity index (χ0n) is 15.6. The van der Waals surface area contributed by atoms with Crippen molar-refractivity contribution in [2.24, 2.45) is 11.8 Å². The SMILES string of the molecule is CC1CC(C)CN(c2cc(SCC(=O)Nc3ccc(C#N)cc3)ncn2)C1. The molecule has 1 saturated heterocycles. The third-order valence-electron chi connectivity index (χ3n) is 4.47. The normalized spacial score (nSPS) is 19.4. The summed E-state index contributed by atoms with van der Waals surface area (Å²) in [6, 6.07) is 10.8. The largest absolute Gasteiger partial charge is 0.356 e. The molecule has 1 aromatic carbocycles. The number of carbonyl (C=O) groups is 1. The molecule has 6 nitrogen and oxygen atoms in total. The lowest BCUT2D eigenvalue weighted by atomic mass is 9.92. The lowest BCUT2D eigenvalue weighted by Crippen LogP contribution is -2.39. The molecule has 1 aliphatic heterocycles. The Kier molecular flexibility index (Phi) is 6.30. The maximum atomic E-state index is 12.2. The van der Waals surface area contributed by atoms with Gasteiger partial charge in [0.15, 0.2) is 0 Å². The maximum Gasteiger partial charge on any atom is 0.234 e. The van der Waals surface area contributed by atoms with E-state index in [1.807, 2.05) is 6.07 Å². The van der Waals surface area contributed by atoms with E-state index in [-0.39, 0.29) is 11.7 Å². The fourth-order valence-electron chi connectivity index (χ4n) is 3.40. The molecular formula is C20H23N5OS. The highest BCUT2D eigenvalue weighted by molar-refractivity contribution is 7.99. The molecule has 0 bridgehead atoms. The summed E-state index contributed by atoms with van der Waals surface area (Å²) in [6.45, 7) is 6.55. The summed E-state index contributed by atoms with van der Waals surface area (Å²) in [7, 11) is 0. The van der Waals surface area contributed by atoms with Crippen molar-refractivity contribution >= 4 is 29.2 Å². The van der Waals surface area contributed by atoms with Gasteiger partial charge in [0.1, 0.15) is 17.2 Å². The molecule has 1 amide bonds. The van der Waals surface area contributed by atoms with Gasteiger partial charge in [0, 0.05) is 24.8 Å². The summed E-state index contributed by atoms with van der Waals surface area (Å²) in [4.78, 5) is 23.2. The molecule has 27 heavy (non-hydrogen) atoms. The molecule has 0 saturated carbocycles. The van der Waals surface area contributed by atoms with Gasteiger partial charge in [-0.05, 0) is 42.5 Å². The van der Waals surface area contributed by atoms with E-state index in [4.69, 9.17) is 5.26 Å². The average Bonchev–Trinajstić information content (AvgIpc) is 2.66. The van der Waals surface area contributed by atoms with Gasteiger partial charge in [-0.3, -0.25) is 4.79 Å². The maximum absolute atomic E-state index is 12.2. The number of thioether (sulfide) groups is 1. The molecule has 1 aliphatic rings. The Labute approximate surface area is 164 Å². The average molecular weight is 382 g/mol. The molecule has 3 rings (SSSR count). The van der Waals surface area contributed by atoms with E-state index in [0.29, 0.717) is 23.1 Å². The molecule has 0 aliphatic carbocycles. The summed E-state index contributed by atoms with van der Waals surface area (Å²) < 4.78 is 0. The zero-order valence-corrected chi connectivity index (χ0v) is 16.4. The number of nitrogens with one attached hydrogen (secondary N) is 1. The quantitative estimate of drug-likeness (QED) is 0.630. The number of nitrogens with zero attached hydrogens (tertiary/aromatic N) is 4. The van der Waals surface area contributed by atoms with Crippen molar-refractivity contribution in [2.45, 2.75) is 25.3 Å². The smallest absolute Gasteiger partial charge is 0.234 e. The van der Waals surface area contributed by atoms with Crippen LogP contribution in [-0.2, 0) is 4.79 Å². The van der Waals surface area contributed by atoms with Crippen molar-refractivity contribution in [2.75, 3.05) is 29.1 Å². The van der Waals surface area contributed by atoms with Crippen molar-refractivity contribution in [1.29, 1.82) is 5.26 Å². The molecule has 1 aromatic heterocycles. The van der Waals surface area contributed by atoms with E-state index in [2.05, 4.69) is 40.1 Å². The predicted molar refractivity (Wildman–Crippen MR) is 108 cm³/mol. The van der Waals surface area contributed by atoms with Crippen molar-refractivity contribution < 1.29 is 4.79 Å². The van der Waals surface area contributed by atoms with E-state index in [1.165, 1.54) is 18.2 Å². The number of rotatable bonds is 5. The lowest BCUT2D eigenvalue weighted by molar-refractivity contribution is -0.113. The highest BCUT2D eigenvalue weighted by Crippen LogP contribution is 2.27. The third-order valence-corrected chi connectivity index (χ3v) is 5.39. The van der Waals surface area contributed by atoms with Gasteiger partial charge >= 0.3 is 0 Å². The van der Waals surface area contributed by atoms with Gasteiger partial charge in [0.25, 0.3) is 0 Å². The molecular weight excluding hydrogens is 358 g/mol. The first-order valence-corrected chi connectivity index (χ1v) is 10.0. The first kappa shape index (κ1) is 19.2. The topological polar surface area (TPSA) is 81.9 Å². The minimum atomic E-state index is -0.106. The summed E-state index contributed by atoms with van der Waals surface area (Å²) in [6.07, 6.45) is 2.82. The summed E-state index contributed by atoms with van der Waals surface area (Å²) >= 11 is 1.39. The number of hydrogen-bond donors (Lipinski definition) is 1. The molecule has 140 valence electrons. The molecule has 1 fully saturated rings. The molecule has 7 heteroatoms. The Morgan fingerprint density at radius 2 is 1.96 bits per heavy atom. The second kappa shape index (κ2) is 8.87. The monoisotopic (exact) mass is 381 g/mol. The van der Waals surface area contributed by atoms with Crippen LogP contribution >= 0.6 is 11.8 Å². The number of amides is 1. The number of anilines is 2. The van der Waals surface area contributed by atoms with Gasteiger partial charge in [-0.15, -0.1) is 0 Å². The Morgan fingerprint density at radius 3 is 2.63 bits per heavy atom. The minimum absolute atomic E-state index is 0.106. The van der Waals surface area contributed by atoms with Crippen molar-refractivity contribution in [3.8, 4) is 6.07 Å². The molecule has 0 radical (unpaired) electrons. The van der Waals surface area contributed by atoms with Crippen LogP contribution in [0.4, 0.5) is 11.5 Å². The Bertz CT molecular complexity index is 823. The van der Waals surface area contributed by atoms with Crippen molar-refractivity contribution in [3.63, 3.8) is 0 Å². The Morgan fingerprint density at radius 1 is 1.26 bits per heavy atom. The Balaban J connectivity index is 1.56. The number of hydrogen-bond acceptors (Lipinski definition) is 6. The number of aromatic nitrogens is 2. The van der Waals surface area contributed by atoms with Crippen LogP contribution in [-0.4, -0.2) is 34.7 Å². The van der Waals surface area contributed by atoms with Crippen LogP contribution in [0.5, 0.6) is 0 Å². The van der Waals surface area contributed by atoms with Crippen LogP contribution in [0.2, 0.25) is 0 Å². The van der Waals surface area contributed by atoms with E-state index in [0.717, 1.165) is 23.9 Å². The minimum Gasteiger partial charge on any atom is -0.356 e. The first-order chi connectivity index (χ1) is 13.0. The van der Waals surface area contributed by atoms with E-state index in [9.17, 15) is 4.79 Å². The number of carbonyl (C=O) groups excluding carboxylic acids is 1. The Hall–Kier alpha value is -2.59. The molecule has 2 unspecified atom stereocenters. The standard InChI is InChI=1S/C20H23N5OS/c1-14-7-15(2)11-25(10-14)18-8-20(23-13-22-18)27-12-19(26)24-17-5-3-16(9-21)4-6-17/h3-6,8,13-15H,7,10-12H2,1-2H3,(H,24,26). The van der Waals surface area contributed by atoms with E-state index >= 15 is 0 Å². The second-order valence-corrected chi connectivity index (χ2v) is 8.09. The van der Waals surface area contributed by atoms with Crippen LogP contribution in [0.3, 0.4) is 0 Å². The van der Waals surface area contributed by atoms with Crippen LogP contribution < -0.4 is 10.2 Å². The van der Waals surface area contributed by atoms with Crippen molar-refractivity contribution in [3.05, 3.63) is 42.2 Å². The molecule has 1 N–H and O–H groups in total. The highest BCUT2D eigenvalue weighted by atomic mass is 32.2. The molecule has 2 aromatic rings. The van der Waals surface area contributed by atoms with E-state index in [1.54, 1.807) is 30.6 Å². The van der Waals surface area contributed by atoms with Crippen LogP contribution in [0.15, 0.2) is 41.7 Å². The van der Waals surface area contributed by atoms with Crippen LogP contribution in [0.1, 0.15) is 25.8 Å². The second-order valence-electron chi connectivity index (χ2n) is 7.09. The zero-order chi connectivity index (χ0) is 19.2. The number of nitriles is 1. The van der Waals surface area contributed by atoms with Gasteiger partial charge in [0.2, 0.25) is 5.91 Å². The summed E-state index contributed by atoms with van der Waals surface area (Å²) in [5.74, 6) is 2.39. The summed E-state index contributed by atoms with van der Waals surface area (Å²) in [5, 5.41) is 12.4. The molecule has 2 atom stereocenters. The molecule has 0 spiro atoms. The number of benzene rings is 1. The van der Waals surface area contributed by atoms with Crippen molar-refractivity contribution in [1.82, 2.24) is 9.97 Å². The van der Waals surface area contributed by atoms with Gasteiger partial charge < -0.3 is 10.2 Å². The fourth-order valence-corrected chi connectivity index (χ4v) is 4.06. The number of piperidine rings is 1. The van der Waals surface area contributed by atoms with E-state index < -0.39 is 0 Å². The lowest BCUT2D eigenvalue weighted by Gasteiger charge is -2.35. The van der Waals surface area contributed by atoms with Gasteiger partial charge in [0.05, 0.1) is 17.4 Å². The van der Waals surface area contributed by atoms with Crippen LogP contribution in [0, 0.1) is 23.2 Å². The van der Waals surface area contributed by atoms with Gasteiger partial charge in [-0.2, -0.15) is 5.26 Å². The van der Waals surface area contributed by atoms with Crippen LogP contribution in [0.25, 0.3) is 0 Å². The first-order valence-electron chi connectivity index (χ1n) is 9.03. The third kappa shape index (κ3) is 5.44. The predicted octanol–water partition coefficient (Wildman–Crippen LogP) is 3.56. The fraction of sp³-hybridized carbons (Fsp3) is 0.400. The van der Waals surface area contributed by atoms with Gasteiger partial charge in [-0.1, -0.05) is 25.6 Å². The summed E-state index contributed by atoms with van der Waals surface area (Å²) in [5.41, 5.74) is 1.25.